The third-order valence-corrected chi connectivity index (χ3v) is 5.22. The molecule has 2 atom stereocenters. The summed E-state index contributed by atoms with van der Waals surface area (Å²) in [7, 11) is 1.35. The van der Waals surface area contributed by atoms with Gasteiger partial charge in [-0.15, -0.1) is 0 Å². The Kier molecular flexibility index (Phi) is 3.64. The summed E-state index contributed by atoms with van der Waals surface area (Å²) in [4.78, 5) is 18.6. The van der Waals surface area contributed by atoms with Crippen LogP contribution in [-0.2, 0) is 4.74 Å². The Balaban J connectivity index is 1.72. The molecular formula is C12H16ClN3O2S. The number of nitrogens with one attached hydrogen (secondary N) is 1. The van der Waals surface area contributed by atoms with E-state index in [0.29, 0.717) is 22.1 Å². The minimum absolute atomic E-state index is 0.223. The molecule has 5 nitrogen and oxygen atoms in total. The van der Waals surface area contributed by atoms with Crippen molar-refractivity contribution in [2.45, 2.75) is 31.3 Å². The summed E-state index contributed by atoms with van der Waals surface area (Å²) in [6.45, 7) is 2.35. The Morgan fingerprint density at radius 1 is 1.53 bits per heavy atom. The monoisotopic (exact) mass is 301 g/mol. The number of rotatable bonds is 3. The van der Waals surface area contributed by atoms with Crippen LogP contribution in [0.5, 0.6) is 0 Å². The van der Waals surface area contributed by atoms with Gasteiger partial charge in [0.15, 0.2) is 15.2 Å². The van der Waals surface area contributed by atoms with Gasteiger partial charge in [0, 0.05) is 18.6 Å². The van der Waals surface area contributed by atoms with E-state index in [4.69, 9.17) is 11.6 Å². The number of ether oxygens (including phenoxy) is 1. The summed E-state index contributed by atoms with van der Waals surface area (Å²) >= 11 is 7.23. The molecule has 3 rings (SSSR count). The third-order valence-electron chi connectivity index (χ3n) is 3.87. The zero-order valence-electron chi connectivity index (χ0n) is 10.7. The van der Waals surface area contributed by atoms with Crippen LogP contribution in [0.4, 0.5) is 5.13 Å². The predicted molar refractivity (Wildman–Crippen MR) is 75.1 cm³/mol. The summed E-state index contributed by atoms with van der Waals surface area (Å²) in [5.41, 5.74) is 0. The van der Waals surface area contributed by atoms with Gasteiger partial charge in [0.25, 0.3) is 0 Å². The SMILES string of the molecule is COC(=O)c1sc(NC2CCN3CCCC23)nc1Cl. The number of thiazole rings is 1. The van der Waals surface area contributed by atoms with Crippen LogP contribution in [0.3, 0.4) is 0 Å². The molecule has 0 aliphatic carbocycles. The zero-order chi connectivity index (χ0) is 13.4. The molecule has 7 heteroatoms. The Morgan fingerprint density at radius 2 is 2.37 bits per heavy atom. The zero-order valence-corrected chi connectivity index (χ0v) is 12.3. The molecule has 0 radical (unpaired) electrons. The normalized spacial score (nSPS) is 26.4. The highest BCUT2D eigenvalue weighted by Crippen LogP contribution is 2.33. The highest BCUT2D eigenvalue weighted by atomic mass is 35.5. The molecule has 0 amide bonds. The van der Waals surface area contributed by atoms with E-state index in [0.717, 1.165) is 13.0 Å². The van der Waals surface area contributed by atoms with Crippen LogP contribution in [0.25, 0.3) is 0 Å². The number of halogens is 1. The molecule has 19 heavy (non-hydrogen) atoms. The van der Waals surface area contributed by atoms with Crippen molar-refractivity contribution in [1.29, 1.82) is 0 Å². The highest BCUT2D eigenvalue weighted by molar-refractivity contribution is 7.18. The summed E-state index contributed by atoms with van der Waals surface area (Å²) in [6.07, 6.45) is 3.63. The van der Waals surface area contributed by atoms with Gasteiger partial charge in [0.1, 0.15) is 0 Å². The second-order valence-corrected chi connectivity index (χ2v) is 6.27. The maximum absolute atomic E-state index is 11.5. The first-order valence-electron chi connectivity index (χ1n) is 6.44. The highest BCUT2D eigenvalue weighted by Gasteiger charge is 2.37. The molecule has 2 fully saturated rings. The third kappa shape index (κ3) is 2.44. The van der Waals surface area contributed by atoms with Crippen molar-refractivity contribution < 1.29 is 9.53 Å². The molecule has 1 aromatic heterocycles. The molecule has 3 heterocycles. The molecule has 1 N–H and O–H groups in total. The van der Waals surface area contributed by atoms with Crippen molar-refractivity contribution >= 4 is 34.0 Å². The number of carbonyl (C=O) groups excluding carboxylic acids is 1. The van der Waals surface area contributed by atoms with Crippen LogP contribution in [0.2, 0.25) is 5.15 Å². The molecule has 2 aliphatic heterocycles. The number of fused-ring (bicyclic) bond motifs is 1. The first-order chi connectivity index (χ1) is 9.19. The first kappa shape index (κ1) is 13.1. The Hall–Kier alpha value is -0.850. The average Bonchev–Trinajstić information content (AvgIpc) is 3.06. The molecule has 2 unspecified atom stereocenters. The van der Waals surface area contributed by atoms with Gasteiger partial charge in [0.05, 0.1) is 7.11 Å². The van der Waals surface area contributed by atoms with Crippen molar-refractivity contribution in [3.05, 3.63) is 10.0 Å². The molecule has 0 aromatic carbocycles. The lowest BCUT2D eigenvalue weighted by Crippen LogP contribution is -2.33. The van der Waals surface area contributed by atoms with E-state index in [1.165, 1.54) is 37.8 Å². The number of anilines is 1. The van der Waals surface area contributed by atoms with Crippen molar-refractivity contribution in [3.63, 3.8) is 0 Å². The van der Waals surface area contributed by atoms with E-state index in [1.54, 1.807) is 0 Å². The van der Waals surface area contributed by atoms with Crippen LogP contribution in [0, 0.1) is 0 Å². The largest absolute Gasteiger partial charge is 0.465 e. The minimum Gasteiger partial charge on any atom is -0.465 e. The quantitative estimate of drug-likeness (QED) is 0.868. The summed E-state index contributed by atoms with van der Waals surface area (Å²) in [6, 6.07) is 1.01. The van der Waals surface area contributed by atoms with Crippen LogP contribution < -0.4 is 5.32 Å². The van der Waals surface area contributed by atoms with Crippen LogP contribution in [-0.4, -0.2) is 48.1 Å². The predicted octanol–water partition coefficient (Wildman–Crippen LogP) is 2.23. The summed E-state index contributed by atoms with van der Waals surface area (Å²) in [5.74, 6) is -0.426. The molecule has 0 spiro atoms. The second-order valence-electron chi connectivity index (χ2n) is 4.92. The number of nitrogens with zero attached hydrogens (tertiary/aromatic N) is 2. The molecule has 2 saturated heterocycles. The number of hydrogen-bond acceptors (Lipinski definition) is 6. The van der Waals surface area contributed by atoms with Gasteiger partial charge >= 0.3 is 5.97 Å². The van der Waals surface area contributed by atoms with E-state index in [9.17, 15) is 4.79 Å². The number of methoxy groups -OCH3 is 1. The van der Waals surface area contributed by atoms with Gasteiger partial charge in [-0.2, -0.15) is 0 Å². The fourth-order valence-corrected chi connectivity index (χ4v) is 4.16. The smallest absolute Gasteiger partial charge is 0.351 e. The molecular weight excluding hydrogens is 286 g/mol. The van der Waals surface area contributed by atoms with E-state index in [2.05, 4.69) is 19.9 Å². The summed E-state index contributed by atoms with van der Waals surface area (Å²) < 4.78 is 4.68. The van der Waals surface area contributed by atoms with Crippen LogP contribution in [0.1, 0.15) is 28.9 Å². The number of aromatic nitrogens is 1. The van der Waals surface area contributed by atoms with Crippen molar-refractivity contribution in [1.82, 2.24) is 9.88 Å². The lowest BCUT2D eigenvalue weighted by molar-refractivity contribution is 0.0606. The number of esters is 1. The van der Waals surface area contributed by atoms with Crippen molar-refractivity contribution in [3.8, 4) is 0 Å². The molecule has 104 valence electrons. The van der Waals surface area contributed by atoms with Crippen LogP contribution >= 0.6 is 22.9 Å². The Bertz CT molecular complexity index is 493. The van der Waals surface area contributed by atoms with Gasteiger partial charge in [-0.3, -0.25) is 4.90 Å². The minimum atomic E-state index is -0.426. The molecule has 2 aliphatic rings. The van der Waals surface area contributed by atoms with Gasteiger partial charge < -0.3 is 10.1 Å². The lowest BCUT2D eigenvalue weighted by Gasteiger charge is -2.20. The Morgan fingerprint density at radius 3 is 3.16 bits per heavy atom. The number of hydrogen-bond donors (Lipinski definition) is 1. The van der Waals surface area contributed by atoms with Crippen molar-refractivity contribution in [2.24, 2.45) is 0 Å². The second kappa shape index (κ2) is 5.26. The summed E-state index contributed by atoms with van der Waals surface area (Å²) in [5, 5.41) is 4.36. The number of carbonyl (C=O) groups is 1. The molecule has 0 saturated carbocycles. The van der Waals surface area contributed by atoms with E-state index in [-0.39, 0.29) is 5.15 Å². The van der Waals surface area contributed by atoms with E-state index in [1.807, 2.05) is 0 Å². The van der Waals surface area contributed by atoms with Gasteiger partial charge in [0.2, 0.25) is 0 Å². The lowest BCUT2D eigenvalue weighted by atomic mass is 10.1. The van der Waals surface area contributed by atoms with Gasteiger partial charge in [-0.1, -0.05) is 22.9 Å². The molecule has 1 aromatic rings. The standard InChI is InChI=1S/C12H16ClN3O2S/c1-18-11(17)9-10(13)15-12(19-9)14-7-4-6-16-5-2-3-8(7)16/h7-8H,2-6H2,1H3,(H,14,15). The van der Waals surface area contributed by atoms with Gasteiger partial charge in [-0.25, -0.2) is 9.78 Å². The topological polar surface area (TPSA) is 54.5 Å². The maximum atomic E-state index is 11.5. The Labute approximate surface area is 120 Å². The fourth-order valence-electron chi connectivity index (χ4n) is 2.99. The maximum Gasteiger partial charge on any atom is 0.351 e. The average molecular weight is 302 g/mol. The van der Waals surface area contributed by atoms with E-state index < -0.39 is 5.97 Å². The van der Waals surface area contributed by atoms with Crippen LogP contribution in [0.15, 0.2) is 0 Å². The fraction of sp³-hybridized carbons (Fsp3) is 0.667. The first-order valence-corrected chi connectivity index (χ1v) is 7.63. The van der Waals surface area contributed by atoms with E-state index >= 15 is 0 Å². The molecule has 0 bridgehead atoms. The van der Waals surface area contributed by atoms with Gasteiger partial charge in [-0.05, 0) is 25.8 Å². The van der Waals surface area contributed by atoms with Crippen molar-refractivity contribution in [2.75, 3.05) is 25.5 Å².